The van der Waals surface area contributed by atoms with Gasteiger partial charge >= 0.3 is 6.09 Å². The SMILES string of the molecule is CC(C)OC(=O)Nc1cccc(F)c1C(N)=S. The minimum Gasteiger partial charge on any atom is -0.447 e. The van der Waals surface area contributed by atoms with E-state index in [4.69, 9.17) is 22.7 Å². The van der Waals surface area contributed by atoms with Crippen LogP contribution in [0.1, 0.15) is 19.4 Å². The summed E-state index contributed by atoms with van der Waals surface area (Å²) in [7, 11) is 0. The molecule has 0 saturated heterocycles. The third-order valence-electron chi connectivity index (χ3n) is 1.84. The maximum absolute atomic E-state index is 13.5. The van der Waals surface area contributed by atoms with Gasteiger partial charge in [-0.2, -0.15) is 0 Å². The van der Waals surface area contributed by atoms with Crippen LogP contribution in [0, 0.1) is 5.82 Å². The molecule has 4 nitrogen and oxygen atoms in total. The maximum Gasteiger partial charge on any atom is 0.411 e. The van der Waals surface area contributed by atoms with Crippen LogP contribution in [-0.2, 0) is 4.74 Å². The van der Waals surface area contributed by atoms with Crippen molar-refractivity contribution in [2.24, 2.45) is 5.73 Å². The van der Waals surface area contributed by atoms with Gasteiger partial charge in [0.15, 0.2) is 0 Å². The Kier molecular flexibility index (Phi) is 4.39. The molecule has 1 rings (SSSR count). The van der Waals surface area contributed by atoms with Gasteiger partial charge in [0.25, 0.3) is 0 Å². The lowest BCUT2D eigenvalue weighted by Crippen LogP contribution is -2.21. The number of ether oxygens (including phenoxy) is 1. The van der Waals surface area contributed by atoms with Gasteiger partial charge in [-0.1, -0.05) is 18.3 Å². The van der Waals surface area contributed by atoms with Crippen molar-refractivity contribution in [3.63, 3.8) is 0 Å². The average Bonchev–Trinajstić information content (AvgIpc) is 2.15. The van der Waals surface area contributed by atoms with Gasteiger partial charge < -0.3 is 10.5 Å². The number of carbonyl (C=O) groups is 1. The zero-order valence-corrected chi connectivity index (χ0v) is 10.3. The summed E-state index contributed by atoms with van der Waals surface area (Å²) >= 11 is 4.72. The van der Waals surface area contributed by atoms with Crippen molar-refractivity contribution < 1.29 is 13.9 Å². The molecule has 0 aliphatic heterocycles. The minimum atomic E-state index is -0.678. The molecule has 0 bridgehead atoms. The van der Waals surface area contributed by atoms with Crippen LogP contribution in [0.15, 0.2) is 18.2 Å². The number of carbonyl (C=O) groups excluding carboxylic acids is 1. The molecule has 0 atom stereocenters. The Morgan fingerprint density at radius 3 is 2.71 bits per heavy atom. The first-order valence-electron chi connectivity index (χ1n) is 4.97. The molecule has 0 fully saturated rings. The lowest BCUT2D eigenvalue weighted by molar-refractivity contribution is 0.130. The zero-order valence-electron chi connectivity index (χ0n) is 9.49. The number of benzene rings is 1. The van der Waals surface area contributed by atoms with E-state index in [0.29, 0.717) is 0 Å². The van der Waals surface area contributed by atoms with E-state index >= 15 is 0 Å². The Morgan fingerprint density at radius 2 is 2.18 bits per heavy atom. The monoisotopic (exact) mass is 256 g/mol. The highest BCUT2D eigenvalue weighted by Gasteiger charge is 2.14. The summed E-state index contributed by atoms with van der Waals surface area (Å²) < 4.78 is 18.3. The van der Waals surface area contributed by atoms with E-state index in [1.54, 1.807) is 13.8 Å². The molecule has 0 radical (unpaired) electrons. The molecule has 1 aromatic carbocycles. The highest BCUT2D eigenvalue weighted by atomic mass is 32.1. The van der Waals surface area contributed by atoms with Gasteiger partial charge in [0.1, 0.15) is 10.8 Å². The molecule has 0 aromatic heterocycles. The summed E-state index contributed by atoms with van der Waals surface area (Å²) in [6.07, 6.45) is -0.945. The largest absolute Gasteiger partial charge is 0.447 e. The topological polar surface area (TPSA) is 64.3 Å². The summed E-state index contributed by atoms with van der Waals surface area (Å²) in [4.78, 5) is 11.2. The quantitative estimate of drug-likeness (QED) is 0.815. The van der Waals surface area contributed by atoms with Gasteiger partial charge in [-0.3, -0.25) is 5.32 Å². The molecule has 1 amide bonds. The van der Waals surface area contributed by atoms with Crippen molar-refractivity contribution >= 4 is 29.0 Å². The first kappa shape index (κ1) is 13.4. The summed E-state index contributed by atoms with van der Waals surface area (Å²) in [5, 5.41) is 2.40. The maximum atomic E-state index is 13.5. The first-order valence-corrected chi connectivity index (χ1v) is 5.38. The van der Waals surface area contributed by atoms with Crippen LogP contribution < -0.4 is 11.1 Å². The van der Waals surface area contributed by atoms with Gasteiger partial charge in [0.2, 0.25) is 0 Å². The third kappa shape index (κ3) is 3.67. The van der Waals surface area contributed by atoms with E-state index in [1.165, 1.54) is 18.2 Å². The van der Waals surface area contributed by atoms with E-state index in [1.807, 2.05) is 0 Å². The molecular formula is C11H13FN2O2S. The highest BCUT2D eigenvalue weighted by Crippen LogP contribution is 2.19. The second-order valence-corrected chi connectivity index (χ2v) is 4.05. The molecule has 0 aliphatic carbocycles. The van der Waals surface area contributed by atoms with Gasteiger partial charge in [0.05, 0.1) is 17.4 Å². The van der Waals surface area contributed by atoms with Crippen molar-refractivity contribution in [1.82, 2.24) is 0 Å². The normalized spacial score (nSPS) is 10.1. The number of nitrogens with one attached hydrogen (secondary N) is 1. The molecule has 1 aromatic rings. The number of halogens is 1. The number of hydrogen-bond acceptors (Lipinski definition) is 3. The number of anilines is 1. The number of rotatable bonds is 3. The third-order valence-corrected chi connectivity index (χ3v) is 2.04. The van der Waals surface area contributed by atoms with E-state index in [2.05, 4.69) is 5.32 Å². The molecule has 0 saturated carbocycles. The number of nitrogens with two attached hydrogens (primary N) is 1. The van der Waals surface area contributed by atoms with Crippen molar-refractivity contribution in [1.29, 1.82) is 0 Å². The van der Waals surface area contributed by atoms with Crippen LogP contribution in [0.4, 0.5) is 14.9 Å². The van der Waals surface area contributed by atoms with Crippen molar-refractivity contribution in [3.05, 3.63) is 29.6 Å². The van der Waals surface area contributed by atoms with Gasteiger partial charge in [0, 0.05) is 0 Å². The standard InChI is InChI=1S/C11H13FN2O2S/c1-6(2)16-11(15)14-8-5-3-4-7(12)9(8)10(13)17/h3-6H,1-2H3,(H2,13,17)(H,14,15). The Morgan fingerprint density at radius 1 is 1.53 bits per heavy atom. The molecular weight excluding hydrogens is 243 g/mol. The Hall–Kier alpha value is -1.69. The lowest BCUT2D eigenvalue weighted by atomic mass is 10.1. The van der Waals surface area contributed by atoms with Crippen LogP contribution in [-0.4, -0.2) is 17.2 Å². The number of hydrogen-bond donors (Lipinski definition) is 2. The zero-order chi connectivity index (χ0) is 13.0. The van der Waals surface area contributed by atoms with Crippen molar-refractivity contribution in [3.8, 4) is 0 Å². The predicted molar refractivity (Wildman–Crippen MR) is 67.5 cm³/mol. The summed E-state index contributed by atoms with van der Waals surface area (Å²) in [6.45, 7) is 3.42. The second kappa shape index (κ2) is 5.58. The Labute approximate surface area is 104 Å². The van der Waals surface area contributed by atoms with Crippen LogP contribution in [0.2, 0.25) is 0 Å². The Balaban J connectivity index is 2.95. The molecule has 0 spiro atoms. The summed E-state index contributed by atoms with van der Waals surface area (Å²) in [5.41, 5.74) is 5.59. The van der Waals surface area contributed by atoms with Gasteiger partial charge in [-0.05, 0) is 26.0 Å². The fourth-order valence-electron chi connectivity index (χ4n) is 1.23. The molecule has 6 heteroatoms. The van der Waals surface area contributed by atoms with E-state index < -0.39 is 11.9 Å². The smallest absolute Gasteiger partial charge is 0.411 e. The molecule has 17 heavy (non-hydrogen) atoms. The summed E-state index contributed by atoms with van der Waals surface area (Å²) in [6, 6.07) is 4.16. The fraction of sp³-hybridized carbons (Fsp3) is 0.273. The van der Waals surface area contributed by atoms with Crippen molar-refractivity contribution in [2.45, 2.75) is 20.0 Å². The Bertz CT molecular complexity index is 449. The fourth-order valence-corrected chi connectivity index (χ4v) is 1.44. The van der Waals surface area contributed by atoms with Gasteiger partial charge in [-0.15, -0.1) is 0 Å². The predicted octanol–water partition coefficient (Wildman–Crippen LogP) is 2.42. The average molecular weight is 256 g/mol. The van der Waals surface area contributed by atoms with Crippen molar-refractivity contribution in [2.75, 3.05) is 5.32 Å². The first-order chi connectivity index (χ1) is 7.91. The summed E-state index contributed by atoms with van der Waals surface area (Å²) in [5.74, 6) is -0.583. The second-order valence-electron chi connectivity index (χ2n) is 3.61. The van der Waals surface area contributed by atoms with Crippen LogP contribution in [0.5, 0.6) is 0 Å². The van der Waals surface area contributed by atoms with E-state index in [-0.39, 0.29) is 22.3 Å². The van der Waals surface area contributed by atoms with Crippen LogP contribution in [0.25, 0.3) is 0 Å². The lowest BCUT2D eigenvalue weighted by Gasteiger charge is -2.12. The molecule has 0 heterocycles. The minimum absolute atomic E-state index is 0.00297. The molecule has 0 aliphatic rings. The number of amides is 1. The van der Waals surface area contributed by atoms with E-state index in [9.17, 15) is 9.18 Å². The van der Waals surface area contributed by atoms with Gasteiger partial charge in [-0.25, -0.2) is 9.18 Å². The molecule has 3 N–H and O–H groups in total. The van der Waals surface area contributed by atoms with Crippen LogP contribution >= 0.6 is 12.2 Å². The van der Waals surface area contributed by atoms with E-state index in [0.717, 1.165) is 0 Å². The number of thiocarbonyl (C=S) groups is 1. The molecule has 0 unspecified atom stereocenters. The molecule has 92 valence electrons. The highest BCUT2D eigenvalue weighted by molar-refractivity contribution is 7.80. The van der Waals surface area contributed by atoms with Crippen LogP contribution in [0.3, 0.4) is 0 Å².